The molecule has 1 fully saturated rings. The summed E-state index contributed by atoms with van der Waals surface area (Å²) in [5.41, 5.74) is 0.928. The van der Waals surface area contributed by atoms with Gasteiger partial charge in [0.25, 0.3) is 0 Å². The first-order valence-electron chi connectivity index (χ1n) is 6.50. The summed E-state index contributed by atoms with van der Waals surface area (Å²) in [5, 5.41) is 3.98. The second-order valence-electron chi connectivity index (χ2n) is 4.76. The quantitative estimate of drug-likeness (QED) is 0.764. The minimum Gasteiger partial charge on any atom is -0.466 e. The molecule has 1 aliphatic heterocycles. The van der Waals surface area contributed by atoms with Crippen LogP contribution in [0.4, 0.5) is 0 Å². The van der Waals surface area contributed by atoms with Gasteiger partial charge < -0.3 is 9.26 Å². The second-order valence-corrected chi connectivity index (χ2v) is 4.76. The maximum Gasteiger partial charge on any atom is 0.310 e. The van der Waals surface area contributed by atoms with Crippen LogP contribution in [0.25, 0.3) is 0 Å². The number of nitrogens with zero attached hydrogens (tertiary/aromatic N) is 2. The van der Waals surface area contributed by atoms with E-state index in [1.807, 2.05) is 19.9 Å². The van der Waals surface area contributed by atoms with E-state index >= 15 is 0 Å². The Kier molecular flexibility index (Phi) is 4.36. The number of piperidine rings is 1. The van der Waals surface area contributed by atoms with Crippen LogP contribution in [0.3, 0.4) is 0 Å². The first kappa shape index (κ1) is 13.1. The Balaban J connectivity index is 1.88. The van der Waals surface area contributed by atoms with E-state index in [4.69, 9.17) is 9.26 Å². The predicted molar refractivity (Wildman–Crippen MR) is 65.9 cm³/mol. The van der Waals surface area contributed by atoms with E-state index < -0.39 is 0 Å². The summed E-state index contributed by atoms with van der Waals surface area (Å²) < 4.78 is 10.1. The molecule has 0 aliphatic carbocycles. The topological polar surface area (TPSA) is 55.6 Å². The lowest BCUT2D eigenvalue weighted by atomic mass is 9.98. The van der Waals surface area contributed by atoms with Crippen LogP contribution in [0, 0.1) is 12.8 Å². The summed E-state index contributed by atoms with van der Waals surface area (Å²) in [7, 11) is 0. The van der Waals surface area contributed by atoms with Gasteiger partial charge in [0.15, 0.2) is 0 Å². The molecule has 1 unspecified atom stereocenters. The molecule has 1 aromatic rings. The minimum atomic E-state index is -0.0708. The summed E-state index contributed by atoms with van der Waals surface area (Å²) >= 11 is 0. The zero-order chi connectivity index (χ0) is 13.0. The molecule has 0 amide bonds. The van der Waals surface area contributed by atoms with Crippen molar-refractivity contribution < 1.29 is 14.1 Å². The Labute approximate surface area is 107 Å². The van der Waals surface area contributed by atoms with Gasteiger partial charge in [0.05, 0.1) is 18.2 Å². The highest BCUT2D eigenvalue weighted by atomic mass is 16.5. The molecule has 0 radical (unpaired) electrons. The monoisotopic (exact) mass is 252 g/mol. The minimum absolute atomic E-state index is 0.00620. The van der Waals surface area contributed by atoms with E-state index in [9.17, 15) is 4.79 Å². The van der Waals surface area contributed by atoms with E-state index in [0.717, 1.165) is 43.9 Å². The van der Waals surface area contributed by atoms with Crippen LogP contribution in [-0.4, -0.2) is 35.7 Å². The maximum atomic E-state index is 11.7. The van der Waals surface area contributed by atoms with Crippen molar-refractivity contribution in [1.29, 1.82) is 0 Å². The van der Waals surface area contributed by atoms with Gasteiger partial charge in [-0.2, -0.15) is 0 Å². The average Bonchev–Trinajstić information content (AvgIpc) is 2.75. The fraction of sp³-hybridized carbons (Fsp3) is 0.692. The Morgan fingerprint density at radius 3 is 3.17 bits per heavy atom. The number of hydrogen-bond acceptors (Lipinski definition) is 5. The Morgan fingerprint density at radius 2 is 2.50 bits per heavy atom. The van der Waals surface area contributed by atoms with Crippen LogP contribution in [-0.2, 0) is 16.1 Å². The van der Waals surface area contributed by atoms with Crippen LogP contribution < -0.4 is 0 Å². The molecule has 0 aromatic carbocycles. The average molecular weight is 252 g/mol. The van der Waals surface area contributed by atoms with E-state index in [1.165, 1.54) is 0 Å². The molecule has 1 saturated heterocycles. The zero-order valence-electron chi connectivity index (χ0n) is 11.0. The number of aromatic nitrogens is 1. The molecule has 5 heteroatoms. The molecule has 1 atom stereocenters. The van der Waals surface area contributed by atoms with Crippen molar-refractivity contribution in [3.63, 3.8) is 0 Å². The molecule has 0 bridgehead atoms. The molecule has 2 rings (SSSR count). The highest BCUT2D eigenvalue weighted by Gasteiger charge is 2.27. The van der Waals surface area contributed by atoms with Gasteiger partial charge in [0.1, 0.15) is 5.76 Å². The van der Waals surface area contributed by atoms with E-state index in [1.54, 1.807) is 0 Å². The van der Waals surface area contributed by atoms with Gasteiger partial charge in [-0.3, -0.25) is 9.69 Å². The van der Waals surface area contributed by atoms with Crippen molar-refractivity contribution in [2.24, 2.45) is 5.92 Å². The van der Waals surface area contributed by atoms with E-state index in [0.29, 0.717) is 6.61 Å². The number of carbonyl (C=O) groups is 1. The first-order chi connectivity index (χ1) is 8.69. The summed E-state index contributed by atoms with van der Waals surface area (Å²) in [6.45, 7) is 6.68. The van der Waals surface area contributed by atoms with Crippen LogP contribution in [0.1, 0.15) is 31.2 Å². The number of rotatable bonds is 4. The third kappa shape index (κ3) is 3.32. The van der Waals surface area contributed by atoms with Gasteiger partial charge in [0.2, 0.25) is 0 Å². The smallest absolute Gasteiger partial charge is 0.310 e. The molecule has 1 aliphatic rings. The van der Waals surface area contributed by atoms with Crippen molar-refractivity contribution in [2.45, 2.75) is 33.2 Å². The van der Waals surface area contributed by atoms with Crippen molar-refractivity contribution in [3.8, 4) is 0 Å². The summed E-state index contributed by atoms with van der Waals surface area (Å²) in [4.78, 5) is 14.0. The van der Waals surface area contributed by atoms with Gasteiger partial charge in [-0.1, -0.05) is 5.16 Å². The van der Waals surface area contributed by atoms with Crippen molar-refractivity contribution in [2.75, 3.05) is 19.7 Å². The Bertz CT molecular complexity index is 403. The van der Waals surface area contributed by atoms with Crippen LogP contribution in [0.5, 0.6) is 0 Å². The molecule has 0 saturated carbocycles. The van der Waals surface area contributed by atoms with Crippen LogP contribution in [0.2, 0.25) is 0 Å². The predicted octanol–water partition coefficient (Wildman–Crippen LogP) is 1.76. The van der Waals surface area contributed by atoms with Gasteiger partial charge in [0, 0.05) is 19.2 Å². The second kappa shape index (κ2) is 6.00. The highest BCUT2D eigenvalue weighted by Crippen LogP contribution is 2.19. The molecule has 0 N–H and O–H groups in total. The Hall–Kier alpha value is -1.36. The SMILES string of the molecule is CCOC(=O)C1CCCN(Cc2cc(C)on2)C1. The number of esters is 1. The molecule has 1 aromatic heterocycles. The zero-order valence-corrected chi connectivity index (χ0v) is 11.0. The maximum absolute atomic E-state index is 11.7. The molecular formula is C13H20N2O3. The molecule has 5 nitrogen and oxygen atoms in total. The van der Waals surface area contributed by atoms with Crippen LogP contribution >= 0.6 is 0 Å². The van der Waals surface area contributed by atoms with E-state index in [-0.39, 0.29) is 11.9 Å². The molecular weight excluding hydrogens is 232 g/mol. The third-order valence-electron chi connectivity index (χ3n) is 3.19. The lowest BCUT2D eigenvalue weighted by Gasteiger charge is -2.30. The largest absolute Gasteiger partial charge is 0.466 e. The number of carbonyl (C=O) groups excluding carboxylic acids is 1. The highest BCUT2D eigenvalue weighted by molar-refractivity contribution is 5.72. The lowest BCUT2D eigenvalue weighted by molar-refractivity contribution is -0.150. The fourth-order valence-corrected chi connectivity index (χ4v) is 2.37. The molecule has 100 valence electrons. The number of likely N-dealkylation sites (tertiary alicyclic amines) is 1. The standard InChI is InChI=1S/C13H20N2O3/c1-3-17-13(16)11-5-4-6-15(8-11)9-12-7-10(2)18-14-12/h7,11H,3-6,8-9H2,1-2H3. The van der Waals surface area contributed by atoms with Gasteiger partial charge in [-0.25, -0.2) is 0 Å². The van der Waals surface area contributed by atoms with E-state index in [2.05, 4.69) is 10.1 Å². The fourth-order valence-electron chi connectivity index (χ4n) is 2.37. The molecule has 2 heterocycles. The van der Waals surface area contributed by atoms with Crippen molar-refractivity contribution >= 4 is 5.97 Å². The normalized spacial score (nSPS) is 20.9. The first-order valence-corrected chi connectivity index (χ1v) is 6.50. The summed E-state index contributed by atoms with van der Waals surface area (Å²) in [6.07, 6.45) is 1.95. The van der Waals surface area contributed by atoms with Crippen molar-refractivity contribution in [3.05, 3.63) is 17.5 Å². The van der Waals surface area contributed by atoms with Crippen LogP contribution in [0.15, 0.2) is 10.6 Å². The van der Waals surface area contributed by atoms with Gasteiger partial charge in [-0.05, 0) is 33.2 Å². The van der Waals surface area contributed by atoms with Crippen molar-refractivity contribution in [1.82, 2.24) is 10.1 Å². The number of hydrogen-bond donors (Lipinski definition) is 0. The molecule has 0 spiro atoms. The molecule has 18 heavy (non-hydrogen) atoms. The number of ether oxygens (including phenoxy) is 1. The van der Waals surface area contributed by atoms with Gasteiger partial charge >= 0.3 is 5.97 Å². The third-order valence-corrected chi connectivity index (χ3v) is 3.19. The summed E-state index contributed by atoms with van der Waals surface area (Å²) in [5.74, 6) is 0.759. The number of aryl methyl sites for hydroxylation is 1. The lowest BCUT2D eigenvalue weighted by Crippen LogP contribution is -2.39. The van der Waals surface area contributed by atoms with Gasteiger partial charge in [-0.15, -0.1) is 0 Å². The Morgan fingerprint density at radius 1 is 1.67 bits per heavy atom. The summed E-state index contributed by atoms with van der Waals surface area (Å²) in [6, 6.07) is 1.94.